The second kappa shape index (κ2) is 25.6. The molecule has 0 nitrogen and oxygen atoms in total. The molecule has 0 aromatic rings. The van der Waals surface area contributed by atoms with E-state index in [9.17, 15) is 0 Å². The Balaban J connectivity index is 0.000000202. The van der Waals surface area contributed by atoms with E-state index in [0.29, 0.717) is 0 Å². The third-order valence-electron chi connectivity index (χ3n) is 8.14. The smallest absolute Gasteiger partial charge is 0.0443 e. The lowest BCUT2D eigenvalue weighted by Gasteiger charge is -2.05. The van der Waals surface area contributed by atoms with Crippen LogP contribution in [0.25, 0.3) is 0 Å². The Morgan fingerprint density at radius 1 is 0.219 bits per heavy atom. The average Bonchev–Trinajstić information content (AvgIpc) is 3.48. The first-order valence-corrected chi connectivity index (χ1v) is 15.9. The first-order valence-electron chi connectivity index (χ1n) is 15.9. The summed E-state index contributed by atoms with van der Waals surface area (Å²) in [6.45, 7) is 2.34. The minimum absolute atomic E-state index is 1.05. The van der Waals surface area contributed by atoms with E-state index in [1.807, 2.05) is 0 Å². The van der Waals surface area contributed by atoms with Crippen LogP contribution in [0.15, 0.2) is 0 Å². The Hall–Kier alpha value is 0. The van der Waals surface area contributed by atoms with Gasteiger partial charge in [0, 0.05) is 0 Å². The van der Waals surface area contributed by atoms with Crippen molar-refractivity contribution in [3.8, 4) is 0 Å². The summed E-state index contributed by atoms with van der Waals surface area (Å²) < 4.78 is 0. The summed E-state index contributed by atoms with van der Waals surface area (Å²) in [7, 11) is 0. The van der Waals surface area contributed by atoms with Crippen molar-refractivity contribution in [2.24, 2.45) is 5.92 Å². The van der Waals surface area contributed by atoms with Gasteiger partial charge in [-0.05, 0) is 5.92 Å². The molecule has 5 aliphatic carbocycles. The van der Waals surface area contributed by atoms with Crippen LogP contribution in [0.2, 0.25) is 0 Å². The van der Waals surface area contributed by atoms with Crippen LogP contribution in [-0.2, 0) is 0 Å². The quantitative estimate of drug-likeness (QED) is 0.323. The Kier molecular flexibility index (Phi) is 24.0. The zero-order chi connectivity index (χ0) is 22.8. The maximum absolute atomic E-state index is 2.34. The van der Waals surface area contributed by atoms with Crippen LogP contribution >= 0.6 is 0 Å². The van der Waals surface area contributed by atoms with Gasteiger partial charge in [0.15, 0.2) is 0 Å². The van der Waals surface area contributed by atoms with Gasteiger partial charge >= 0.3 is 0 Å². The van der Waals surface area contributed by atoms with E-state index in [1.54, 1.807) is 0 Å². The Morgan fingerprint density at radius 2 is 0.344 bits per heavy atom. The molecule has 5 aliphatic rings. The summed E-state index contributed by atoms with van der Waals surface area (Å²) >= 11 is 0. The predicted molar refractivity (Wildman–Crippen MR) is 148 cm³/mol. The molecule has 5 fully saturated rings. The molecule has 0 N–H and O–H groups in total. The third-order valence-corrected chi connectivity index (χ3v) is 8.14. The van der Waals surface area contributed by atoms with E-state index in [1.165, 1.54) is 193 Å². The zero-order valence-electron chi connectivity index (χ0n) is 22.8. The van der Waals surface area contributed by atoms with Gasteiger partial charge in [-0.25, -0.2) is 0 Å². The van der Waals surface area contributed by atoms with Crippen molar-refractivity contribution in [3.63, 3.8) is 0 Å². The summed E-state index contributed by atoms with van der Waals surface area (Å²) in [6, 6.07) is 0. The maximum atomic E-state index is 2.34. The molecule has 192 valence electrons. The third kappa shape index (κ3) is 23.2. The topological polar surface area (TPSA) is 0 Å². The minimum atomic E-state index is 1.05. The van der Waals surface area contributed by atoms with Crippen molar-refractivity contribution < 1.29 is 0 Å². The highest BCUT2D eigenvalue weighted by Crippen LogP contribution is 2.23. The molecule has 0 heterocycles. The van der Waals surface area contributed by atoms with E-state index in [-0.39, 0.29) is 0 Å². The summed E-state index contributed by atoms with van der Waals surface area (Å²) in [4.78, 5) is 0. The van der Waals surface area contributed by atoms with E-state index < -0.39 is 0 Å². The van der Waals surface area contributed by atoms with E-state index in [0.717, 1.165) is 5.92 Å². The van der Waals surface area contributed by atoms with Crippen LogP contribution < -0.4 is 0 Å². The van der Waals surface area contributed by atoms with E-state index >= 15 is 0 Å². The van der Waals surface area contributed by atoms with Crippen LogP contribution in [0.1, 0.15) is 200 Å². The normalized spacial score (nSPS) is 24.3. The number of hydrogen-bond donors (Lipinski definition) is 0. The average molecular weight is 449 g/mol. The van der Waals surface area contributed by atoms with Gasteiger partial charge in [-0.15, -0.1) is 0 Å². The molecule has 0 saturated heterocycles. The lowest BCUT2D eigenvalue weighted by molar-refractivity contribution is 0.504. The standard InChI is InChI=1S/C8H16.C7H14.2C6H12.C5H10/c1-2-4-6-8-7-5-3-1;1-2-4-6-7-5-3-1;1-6-4-2-3-5-6;1-2-4-6-5-3-1;1-2-4-5-3-1/h1-8H2;1-7H2;6H,2-5H2,1H3;1-6H2;1-5H2. The van der Waals surface area contributed by atoms with E-state index in [4.69, 9.17) is 0 Å². The summed E-state index contributed by atoms with van der Waals surface area (Å²) in [5.41, 5.74) is 0. The van der Waals surface area contributed by atoms with Crippen molar-refractivity contribution in [1.29, 1.82) is 0 Å². The fourth-order valence-electron chi connectivity index (χ4n) is 5.73. The molecule has 0 aliphatic heterocycles. The summed E-state index contributed by atoms with van der Waals surface area (Å²) in [5.74, 6) is 1.05. The Bertz CT molecular complexity index is 256. The fourth-order valence-corrected chi connectivity index (χ4v) is 5.73. The molecule has 0 aromatic carbocycles. The van der Waals surface area contributed by atoms with Crippen molar-refractivity contribution in [3.05, 3.63) is 0 Å². The minimum Gasteiger partial charge on any atom is -0.0625 e. The molecule has 0 atom stereocenters. The first kappa shape index (κ1) is 30.0. The van der Waals surface area contributed by atoms with Gasteiger partial charge in [-0.2, -0.15) is 0 Å². The van der Waals surface area contributed by atoms with Gasteiger partial charge in [0.1, 0.15) is 0 Å². The molecule has 0 heteroatoms. The largest absolute Gasteiger partial charge is 0.0625 e. The molecule has 5 rings (SSSR count). The number of hydrogen-bond acceptors (Lipinski definition) is 0. The van der Waals surface area contributed by atoms with Gasteiger partial charge in [-0.1, -0.05) is 200 Å². The maximum Gasteiger partial charge on any atom is -0.0443 e. The van der Waals surface area contributed by atoms with Gasteiger partial charge in [0.25, 0.3) is 0 Å². The molecular weight excluding hydrogens is 384 g/mol. The van der Waals surface area contributed by atoms with Crippen molar-refractivity contribution in [1.82, 2.24) is 0 Å². The molecule has 0 aromatic heterocycles. The van der Waals surface area contributed by atoms with Crippen LogP contribution in [0, 0.1) is 5.92 Å². The van der Waals surface area contributed by atoms with Crippen LogP contribution in [0.5, 0.6) is 0 Å². The van der Waals surface area contributed by atoms with Crippen molar-refractivity contribution >= 4 is 0 Å². The van der Waals surface area contributed by atoms with Crippen LogP contribution in [0.4, 0.5) is 0 Å². The van der Waals surface area contributed by atoms with Gasteiger partial charge < -0.3 is 0 Å². The molecule has 32 heavy (non-hydrogen) atoms. The Morgan fingerprint density at radius 3 is 0.406 bits per heavy atom. The van der Waals surface area contributed by atoms with Gasteiger partial charge in [0.2, 0.25) is 0 Å². The summed E-state index contributed by atoms with van der Waals surface area (Å²) in [5, 5.41) is 0. The molecule has 0 amide bonds. The van der Waals surface area contributed by atoms with Crippen molar-refractivity contribution in [2.45, 2.75) is 200 Å². The highest BCUT2D eigenvalue weighted by molar-refractivity contribution is 4.60. The first-order chi connectivity index (χ1) is 15.9. The molecule has 0 bridgehead atoms. The number of rotatable bonds is 0. The molecular formula is C32H64. The van der Waals surface area contributed by atoms with Gasteiger partial charge in [-0.3, -0.25) is 0 Å². The lowest BCUT2D eigenvalue weighted by atomic mass is 10.0. The second-order valence-electron chi connectivity index (χ2n) is 11.6. The molecule has 0 unspecified atom stereocenters. The highest BCUT2D eigenvalue weighted by atomic mass is 14.1. The van der Waals surface area contributed by atoms with Crippen LogP contribution in [-0.4, -0.2) is 0 Å². The Labute approximate surface area is 205 Å². The van der Waals surface area contributed by atoms with Gasteiger partial charge in [0.05, 0.1) is 0 Å². The predicted octanol–water partition coefficient (Wildman–Crippen LogP) is 12.3. The zero-order valence-corrected chi connectivity index (χ0v) is 22.8. The lowest BCUT2D eigenvalue weighted by Crippen LogP contribution is -1.85. The molecule has 5 saturated carbocycles. The fraction of sp³-hybridized carbons (Fsp3) is 1.00. The summed E-state index contributed by atoms with van der Waals surface area (Å²) in [6.07, 6.45) is 44.9. The second-order valence-corrected chi connectivity index (χ2v) is 11.6. The van der Waals surface area contributed by atoms with Crippen molar-refractivity contribution in [2.75, 3.05) is 0 Å². The molecule has 0 radical (unpaired) electrons. The monoisotopic (exact) mass is 449 g/mol. The highest BCUT2D eigenvalue weighted by Gasteiger charge is 2.07. The molecule has 0 spiro atoms. The SMILES string of the molecule is C1CCCC1.C1CCCCC1.C1CCCCCC1.C1CCCCCCC1.CC1CCCC1. The van der Waals surface area contributed by atoms with E-state index in [2.05, 4.69) is 6.92 Å². The van der Waals surface area contributed by atoms with Crippen LogP contribution in [0.3, 0.4) is 0 Å².